The monoisotopic (exact) mass is 192 g/mol. The highest BCUT2D eigenvalue weighted by Gasteiger charge is 2.20. The van der Waals surface area contributed by atoms with E-state index in [0.717, 1.165) is 0 Å². The molecule has 0 radical (unpaired) electrons. The van der Waals surface area contributed by atoms with E-state index in [2.05, 4.69) is 0 Å². The average Bonchev–Trinajstić information content (AvgIpc) is 1.85. The molecule has 0 unspecified atom stereocenters. The predicted molar refractivity (Wildman–Crippen MR) is 46.0 cm³/mol. The fraction of sp³-hybridized carbons (Fsp3) is 0.571. The van der Waals surface area contributed by atoms with Crippen LogP contribution in [0.2, 0.25) is 0 Å². The zero-order valence-corrected chi connectivity index (χ0v) is 8.04. The lowest BCUT2D eigenvalue weighted by atomic mass is 10.1. The van der Waals surface area contributed by atoms with Crippen molar-refractivity contribution in [2.45, 2.75) is 20.3 Å². The van der Waals surface area contributed by atoms with E-state index in [-0.39, 0.29) is 0 Å². The van der Waals surface area contributed by atoms with Gasteiger partial charge in [0.2, 0.25) is 0 Å². The summed E-state index contributed by atoms with van der Waals surface area (Å²) >= 11 is 0. The van der Waals surface area contributed by atoms with Gasteiger partial charge in [-0.3, -0.25) is 9.36 Å². The minimum absolute atomic E-state index is 0.465. The fourth-order valence-electron chi connectivity index (χ4n) is 0.851. The molecule has 2 N–H and O–H groups in total. The third kappa shape index (κ3) is 4.44. The van der Waals surface area contributed by atoms with Gasteiger partial charge in [0.25, 0.3) is 0 Å². The van der Waals surface area contributed by atoms with Crippen LogP contribution in [0, 0.1) is 0 Å². The number of hydrogen-bond acceptors (Lipinski definition) is 2. The number of rotatable bonds is 4. The van der Waals surface area contributed by atoms with Crippen LogP contribution in [0.3, 0.4) is 0 Å². The smallest absolute Gasteiger partial charge is 0.324 e. The molecule has 0 aliphatic rings. The van der Waals surface area contributed by atoms with Gasteiger partial charge in [-0.2, -0.15) is 0 Å². The van der Waals surface area contributed by atoms with Gasteiger partial charge in [-0.25, -0.2) is 0 Å². The largest absolute Gasteiger partial charge is 0.333 e. The summed E-state index contributed by atoms with van der Waals surface area (Å²) in [5, 5.41) is 0. The summed E-state index contributed by atoms with van der Waals surface area (Å²) in [6.07, 6.45) is 1.41. The first kappa shape index (κ1) is 11.6. The molecule has 0 fully saturated rings. The molecule has 0 aliphatic carbocycles. The maximum Gasteiger partial charge on any atom is 0.333 e. The highest BCUT2D eigenvalue weighted by atomic mass is 31.2. The van der Waals surface area contributed by atoms with Crippen molar-refractivity contribution in [1.82, 2.24) is 0 Å². The van der Waals surface area contributed by atoms with Crippen molar-refractivity contribution in [2.24, 2.45) is 0 Å². The van der Waals surface area contributed by atoms with E-state index < -0.39 is 19.5 Å². The molecule has 0 saturated heterocycles. The highest BCUT2D eigenvalue weighted by molar-refractivity contribution is 7.52. The van der Waals surface area contributed by atoms with Crippen LogP contribution in [0.1, 0.15) is 20.3 Å². The molecule has 0 rings (SSSR count). The van der Waals surface area contributed by atoms with Crippen LogP contribution in [0.5, 0.6) is 0 Å². The van der Waals surface area contributed by atoms with Crippen LogP contribution in [0.25, 0.3) is 0 Å². The van der Waals surface area contributed by atoms with Crippen LogP contribution in [-0.4, -0.2) is 21.7 Å². The maximum atomic E-state index is 11.1. The zero-order valence-electron chi connectivity index (χ0n) is 7.15. The second-order valence-corrected chi connectivity index (χ2v) is 4.06. The Balaban J connectivity index is 4.33. The SMILES string of the molecule is C/C=C(\CC)C(=O)CP(=O)(O)O. The lowest BCUT2D eigenvalue weighted by Gasteiger charge is -2.04. The minimum atomic E-state index is -4.19. The van der Waals surface area contributed by atoms with E-state index >= 15 is 0 Å². The molecule has 0 aromatic rings. The molecule has 0 heterocycles. The van der Waals surface area contributed by atoms with E-state index in [1.807, 2.05) is 0 Å². The first-order valence-corrected chi connectivity index (χ1v) is 5.43. The van der Waals surface area contributed by atoms with Crippen LogP contribution in [-0.2, 0) is 9.36 Å². The van der Waals surface area contributed by atoms with Gasteiger partial charge in [-0.15, -0.1) is 0 Å². The van der Waals surface area contributed by atoms with Gasteiger partial charge in [0.05, 0.1) is 0 Å². The Kier molecular flexibility index (Phi) is 4.39. The summed E-state index contributed by atoms with van der Waals surface area (Å²) in [6.45, 7) is 3.45. The van der Waals surface area contributed by atoms with E-state index in [0.29, 0.717) is 12.0 Å². The number of allylic oxidation sites excluding steroid dienone is 2. The molecular formula is C7H13O4P. The number of Topliss-reactive ketones (excluding diaryl/α,β-unsaturated/α-hetero) is 1. The van der Waals surface area contributed by atoms with Gasteiger partial charge in [0.1, 0.15) is 6.16 Å². The van der Waals surface area contributed by atoms with Crippen molar-refractivity contribution in [2.75, 3.05) is 6.16 Å². The Hall–Kier alpha value is -0.440. The van der Waals surface area contributed by atoms with Crippen molar-refractivity contribution in [3.8, 4) is 0 Å². The topological polar surface area (TPSA) is 74.6 Å². The first-order chi connectivity index (χ1) is 5.40. The number of hydrogen-bond donors (Lipinski definition) is 2. The molecule has 0 aliphatic heterocycles. The summed E-state index contributed by atoms with van der Waals surface area (Å²) in [7, 11) is -4.19. The van der Waals surface area contributed by atoms with Gasteiger partial charge in [0, 0.05) is 0 Å². The predicted octanol–water partition coefficient (Wildman–Crippen LogP) is 1.09. The van der Waals surface area contributed by atoms with Crippen LogP contribution >= 0.6 is 7.60 Å². The van der Waals surface area contributed by atoms with Gasteiger partial charge in [-0.1, -0.05) is 13.0 Å². The minimum Gasteiger partial charge on any atom is -0.324 e. The molecule has 0 atom stereocenters. The molecule has 0 saturated carbocycles. The normalized spacial score (nSPS) is 13.2. The molecule has 0 spiro atoms. The van der Waals surface area contributed by atoms with Crippen molar-refractivity contribution >= 4 is 13.4 Å². The van der Waals surface area contributed by atoms with Crippen molar-refractivity contribution in [1.29, 1.82) is 0 Å². The third-order valence-electron chi connectivity index (χ3n) is 1.44. The van der Waals surface area contributed by atoms with E-state index in [1.165, 1.54) is 0 Å². The van der Waals surface area contributed by atoms with Crippen LogP contribution in [0.15, 0.2) is 11.6 Å². The average molecular weight is 192 g/mol. The lowest BCUT2D eigenvalue weighted by molar-refractivity contribution is -0.113. The Morgan fingerprint density at radius 3 is 2.25 bits per heavy atom. The fourth-order valence-corrected chi connectivity index (χ4v) is 1.43. The molecule has 0 amide bonds. The highest BCUT2D eigenvalue weighted by Crippen LogP contribution is 2.34. The molecule has 4 nitrogen and oxygen atoms in total. The van der Waals surface area contributed by atoms with Gasteiger partial charge >= 0.3 is 7.60 Å². The molecular weight excluding hydrogens is 179 g/mol. The lowest BCUT2D eigenvalue weighted by Crippen LogP contribution is -2.07. The van der Waals surface area contributed by atoms with Crippen LogP contribution in [0.4, 0.5) is 0 Å². The maximum absolute atomic E-state index is 11.1. The van der Waals surface area contributed by atoms with E-state index in [4.69, 9.17) is 9.79 Å². The Morgan fingerprint density at radius 1 is 1.50 bits per heavy atom. The van der Waals surface area contributed by atoms with Gasteiger partial charge < -0.3 is 9.79 Å². The van der Waals surface area contributed by atoms with Crippen molar-refractivity contribution in [3.63, 3.8) is 0 Å². The second-order valence-electron chi connectivity index (χ2n) is 2.41. The van der Waals surface area contributed by atoms with Gasteiger partial charge in [0.15, 0.2) is 5.78 Å². The molecule has 0 bridgehead atoms. The van der Waals surface area contributed by atoms with Gasteiger partial charge in [-0.05, 0) is 18.9 Å². The summed E-state index contributed by atoms with van der Waals surface area (Å²) in [6, 6.07) is 0. The molecule has 0 aromatic heterocycles. The quantitative estimate of drug-likeness (QED) is 0.516. The summed E-state index contributed by atoms with van der Waals surface area (Å²) in [4.78, 5) is 28.0. The summed E-state index contributed by atoms with van der Waals surface area (Å²) in [5.74, 6) is -0.465. The van der Waals surface area contributed by atoms with Crippen LogP contribution < -0.4 is 0 Å². The summed E-state index contributed by atoms with van der Waals surface area (Å²) in [5.41, 5.74) is 0.471. The van der Waals surface area contributed by atoms with Crippen molar-refractivity contribution < 1.29 is 19.1 Å². The zero-order chi connectivity index (χ0) is 9.78. The standard InChI is InChI=1S/C7H13O4P/c1-3-6(4-2)7(8)5-12(9,10)11/h3H,4-5H2,1-2H3,(H2,9,10,11)/b6-3+. The number of carbonyl (C=O) groups is 1. The van der Waals surface area contributed by atoms with Crippen molar-refractivity contribution in [3.05, 3.63) is 11.6 Å². The number of ketones is 1. The molecule has 70 valence electrons. The van der Waals surface area contributed by atoms with E-state index in [1.54, 1.807) is 19.9 Å². The summed E-state index contributed by atoms with van der Waals surface area (Å²) < 4.78 is 10.4. The Morgan fingerprint density at radius 2 is 2.00 bits per heavy atom. The molecule has 5 heteroatoms. The number of carbonyl (C=O) groups excluding carboxylic acids is 1. The molecule has 12 heavy (non-hydrogen) atoms. The second kappa shape index (κ2) is 4.55. The Bertz CT molecular complexity index is 238. The first-order valence-electron chi connectivity index (χ1n) is 3.63. The third-order valence-corrected chi connectivity index (χ3v) is 2.14. The Labute approximate surface area is 71.5 Å². The van der Waals surface area contributed by atoms with E-state index in [9.17, 15) is 9.36 Å². The molecule has 0 aromatic carbocycles.